The molecule has 3 rings (SSSR count). The van der Waals surface area contributed by atoms with Gasteiger partial charge in [0.2, 0.25) is 0 Å². The quantitative estimate of drug-likeness (QED) is 0.671. The monoisotopic (exact) mass is 340 g/mol. The molecule has 2 aromatic rings. The lowest BCUT2D eigenvalue weighted by Crippen LogP contribution is -2.30. The first-order chi connectivity index (χ1) is 11.5. The number of benzene rings is 2. The highest BCUT2D eigenvalue weighted by Gasteiger charge is 2.31. The number of anilines is 1. The molecule has 1 amide bonds. The third kappa shape index (κ3) is 3.21. The summed E-state index contributed by atoms with van der Waals surface area (Å²) < 4.78 is 13.0. The van der Waals surface area contributed by atoms with E-state index in [4.69, 9.17) is 12.2 Å². The SMILES string of the molecule is CC(C)c1ccc(N2C(=O)/C(=C\c3ccc(F)cc3)NC2=S)cc1. The fourth-order valence-corrected chi connectivity index (χ4v) is 2.80. The topological polar surface area (TPSA) is 32.3 Å². The van der Waals surface area contributed by atoms with E-state index in [-0.39, 0.29) is 11.7 Å². The number of halogens is 1. The molecule has 0 aromatic heterocycles. The minimum Gasteiger partial charge on any atom is -0.327 e. The molecule has 1 saturated heterocycles. The summed E-state index contributed by atoms with van der Waals surface area (Å²) in [7, 11) is 0. The van der Waals surface area contributed by atoms with Crippen molar-refractivity contribution in [2.45, 2.75) is 19.8 Å². The van der Waals surface area contributed by atoms with Gasteiger partial charge < -0.3 is 5.32 Å². The van der Waals surface area contributed by atoms with Crippen molar-refractivity contribution >= 4 is 35.0 Å². The zero-order chi connectivity index (χ0) is 17.3. The van der Waals surface area contributed by atoms with Crippen molar-refractivity contribution < 1.29 is 9.18 Å². The molecule has 1 fully saturated rings. The molecule has 3 nitrogen and oxygen atoms in total. The second-order valence-electron chi connectivity index (χ2n) is 5.93. The van der Waals surface area contributed by atoms with Gasteiger partial charge in [-0.15, -0.1) is 0 Å². The number of hydrogen-bond acceptors (Lipinski definition) is 2. The Kier molecular flexibility index (Phi) is 4.44. The predicted molar refractivity (Wildman–Crippen MR) is 98.1 cm³/mol. The van der Waals surface area contributed by atoms with Crippen LogP contribution in [0.15, 0.2) is 54.2 Å². The third-order valence-electron chi connectivity index (χ3n) is 3.88. The van der Waals surface area contributed by atoms with Crippen molar-refractivity contribution in [3.05, 3.63) is 71.2 Å². The van der Waals surface area contributed by atoms with Gasteiger partial charge in [-0.25, -0.2) is 4.39 Å². The summed E-state index contributed by atoms with van der Waals surface area (Å²) in [5.41, 5.74) is 3.03. The summed E-state index contributed by atoms with van der Waals surface area (Å²) >= 11 is 5.29. The Bertz CT molecular complexity index is 810. The number of hydrogen-bond donors (Lipinski definition) is 1. The summed E-state index contributed by atoms with van der Waals surface area (Å²) in [5, 5.41) is 3.27. The van der Waals surface area contributed by atoms with Crippen molar-refractivity contribution in [3.63, 3.8) is 0 Å². The first-order valence-electron chi connectivity index (χ1n) is 7.68. The van der Waals surface area contributed by atoms with Crippen molar-refractivity contribution in [2.75, 3.05) is 4.90 Å². The Labute approximate surface area is 145 Å². The number of nitrogens with zero attached hydrogens (tertiary/aromatic N) is 1. The van der Waals surface area contributed by atoms with Crippen LogP contribution < -0.4 is 10.2 Å². The Morgan fingerprint density at radius 2 is 1.71 bits per heavy atom. The van der Waals surface area contributed by atoms with Crippen LogP contribution in [0.4, 0.5) is 10.1 Å². The van der Waals surface area contributed by atoms with Crippen LogP contribution in [-0.4, -0.2) is 11.0 Å². The average molecular weight is 340 g/mol. The fraction of sp³-hybridized carbons (Fsp3) is 0.158. The molecule has 1 N–H and O–H groups in total. The number of carbonyl (C=O) groups excluding carboxylic acids is 1. The number of rotatable bonds is 3. The highest BCUT2D eigenvalue weighted by atomic mass is 32.1. The van der Waals surface area contributed by atoms with E-state index in [0.29, 0.717) is 16.7 Å². The summed E-state index contributed by atoms with van der Waals surface area (Å²) in [6, 6.07) is 13.7. The second-order valence-corrected chi connectivity index (χ2v) is 6.31. The molecule has 2 aromatic carbocycles. The summed E-state index contributed by atoms with van der Waals surface area (Å²) in [6.07, 6.45) is 1.66. The van der Waals surface area contributed by atoms with E-state index in [1.54, 1.807) is 18.2 Å². The van der Waals surface area contributed by atoms with Gasteiger partial charge in [0.1, 0.15) is 11.5 Å². The number of carbonyl (C=O) groups is 1. The standard InChI is InChI=1S/C19H17FN2OS/c1-12(2)14-5-9-16(10-6-14)22-18(23)17(21-19(22)24)11-13-3-7-15(20)8-4-13/h3-12H,1-2H3,(H,21,24)/b17-11+. The van der Waals surface area contributed by atoms with E-state index >= 15 is 0 Å². The predicted octanol–water partition coefficient (Wildman–Crippen LogP) is 4.21. The molecule has 1 aliphatic rings. The fourth-order valence-electron chi connectivity index (χ4n) is 2.50. The van der Waals surface area contributed by atoms with Crippen LogP contribution in [0, 0.1) is 5.82 Å². The normalized spacial score (nSPS) is 16.2. The van der Waals surface area contributed by atoms with Crippen LogP contribution >= 0.6 is 12.2 Å². The van der Waals surface area contributed by atoms with Gasteiger partial charge in [-0.1, -0.05) is 38.1 Å². The molecule has 5 heteroatoms. The third-order valence-corrected chi connectivity index (χ3v) is 4.16. The highest BCUT2D eigenvalue weighted by Crippen LogP contribution is 2.25. The molecule has 0 unspecified atom stereocenters. The van der Waals surface area contributed by atoms with Gasteiger partial charge in [0.05, 0.1) is 5.69 Å². The Hall–Kier alpha value is -2.53. The van der Waals surface area contributed by atoms with Crippen LogP contribution in [0.2, 0.25) is 0 Å². The van der Waals surface area contributed by atoms with Crippen LogP contribution in [0.25, 0.3) is 6.08 Å². The van der Waals surface area contributed by atoms with Gasteiger partial charge in [0, 0.05) is 0 Å². The Morgan fingerprint density at radius 1 is 1.08 bits per heavy atom. The van der Waals surface area contributed by atoms with Crippen molar-refractivity contribution in [1.82, 2.24) is 5.32 Å². The van der Waals surface area contributed by atoms with Crippen LogP contribution in [0.3, 0.4) is 0 Å². The first-order valence-corrected chi connectivity index (χ1v) is 8.09. The Morgan fingerprint density at radius 3 is 2.29 bits per heavy atom. The van der Waals surface area contributed by atoms with Crippen LogP contribution in [-0.2, 0) is 4.79 Å². The number of nitrogens with one attached hydrogen (secondary N) is 1. The summed E-state index contributed by atoms with van der Waals surface area (Å²) in [6.45, 7) is 4.23. The molecule has 0 atom stereocenters. The smallest absolute Gasteiger partial charge is 0.281 e. The molecular formula is C19H17FN2OS. The lowest BCUT2D eigenvalue weighted by molar-refractivity contribution is -0.113. The molecule has 122 valence electrons. The average Bonchev–Trinajstić information content (AvgIpc) is 2.83. The molecule has 1 aliphatic heterocycles. The molecular weight excluding hydrogens is 323 g/mol. The lowest BCUT2D eigenvalue weighted by atomic mass is 10.0. The zero-order valence-corrected chi connectivity index (χ0v) is 14.2. The van der Waals surface area contributed by atoms with E-state index < -0.39 is 0 Å². The molecule has 0 saturated carbocycles. The maximum Gasteiger partial charge on any atom is 0.281 e. The van der Waals surface area contributed by atoms with Gasteiger partial charge in [-0.05, 0) is 59.6 Å². The van der Waals surface area contributed by atoms with Gasteiger partial charge in [-0.2, -0.15) is 0 Å². The minimum absolute atomic E-state index is 0.221. The van der Waals surface area contributed by atoms with E-state index in [9.17, 15) is 9.18 Å². The molecule has 0 aliphatic carbocycles. The first kappa shape index (κ1) is 16.3. The highest BCUT2D eigenvalue weighted by molar-refractivity contribution is 7.80. The summed E-state index contributed by atoms with van der Waals surface area (Å²) in [4.78, 5) is 14.1. The minimum atomic E-state index is -0.315. The number of thiocarbonyl (C=S) groups is 1. The van der Waals surface area contributed by atoms with Gasteiger partial charge in [0.25, 0.3) is 5.91 Å². The Balaban J connectivity index is 1.87. The van der Waals surface area contributed by atoms with Gasteiger partial charge >= 0.3 is 0 Å². The molecule has 24 heavy (non-hydrogen) atoms. The second kappa shape index (κ2) is 6.53. The maximum absolute atomic E-state index is 13.0. The van der Waals surface area contributed by atoms with Gasteiger partial charge in [-0.3, -0.25) is 9.69 Å². The molecule has 0 spiro atoms. The number of amides is 1. The van der Waals surface area contributed by atoms with Crippen molar-refractivity contribution in [2.24, 2.45) is 0 Å². The van der Waals surface area contributed by atoms with Crippen LogP contribution in [0.1, 0.15) is 30.9 Å². The maximum atomic E-state index is 13.0. The van der Waals surface area contributed by atoms with E-state index in [1.807, 2.05) is 24.3 Å². The van der Waals surface area contributed by atoms with Crippen molar-refractivity contribution in [1.29, 1.82) is 0 Å². The molecule has 1 heterocycles. The van der Waals surface area contributed by atoms with E-state index in [1.165, 1.54) is 22.6 Å². The van der Waals surface area contributed by atoms with Crippen LogP contribution in [0.5, 0.6) is 0 Å². The van der Waals surface area contributed by atoms with E-state index in [2.05, 4.69) is 19.2 Å². The molecule has 0 radical (unpaired) electrons. The van der Waals surface area contributed by atoms with Gasteiger partial charge in [0.15, 0.2) is 5.11 Å². The lowest BCUT2D eigenvalue weighted by Gasteiger charge is -2.15. The summed E-state index contributed by atoms with van der Waals surface area (Å²) in [5.74, 6) is -0.112. The molecule has 0 bridgehead atoms. The van der Waals surface area contributed by atoms with E-state index in [0.717, 1.165) is 11.3 Å². The van der Waals surface area contributed by atoms with Crippen molar-refractivity contribution in [3.8, 4) is 0 Å². The largest absolute Gasteiger partial charge is 0.327 e. The zero-order valence-electron chi connectivity index (χ0n) is 13.4.